The van der Waals surface area contributed by atoms with Gasteiger partial charge in [0.15, 0.2) is 5.69 Å². The molecular weight excluding hydrogens is 370 g/mol. The number of nitrogens with zero attached hydrogens (tertiary/aromatic N) is 4. The summed E-state index contributed by atoms with van der Waals surface area (Å²) in [5.41, 5.74) is 2.43. The zero-order valence-electron chi connectivity index (χ0n) is 16.0. The SMILES string of the molecule is COc1ccc(CN2CCn3nc(C(=O)NCc4ccccn4)cc3C2=O)cc1. The van der Waals surface area contributed by atoms with Crippen LogP contribution in [0, 0.1) is 0 Å². The Balaban J connectivity index is 1.42. The van der Waals surface area contributed by atoms with Crippen LogP contribution in [0.2, 0.25) is 0 Å². The summed E-state index contributed by atoms with van der Waals surface area (Å²) in [6.45, 7) is 1.88. The normalized spacial score (nSPS) is 13.1. The number of fused-ring (bicyclic) bond motifs is 1. The monoisotopic (exact) mass is 391 g/mol. The summed E-state index contributed by atoms with van der Waals surface area (Å²) in [7, 11) is 1.62. The van der Waals surface area contributed by atoms with Gasteiger partial charge in [-0.25, -0.2) is 0 Å². The van der Waals surface area contributed by atoms with Gasteiger partial charge in [0.25, 0.3) is 11.8 Å². The van der Waals surface area contributed by atoms with Gasteiger partial charge < -0.3 is 15.0 Å². The molecule has 0 fully saturated rings. The number of pyridine rings is 1. The molecule has 2 amide bonds. The number of aromatic nitrogens is 3. The second-order valence-electron chi connectivity index (χ2n) is 6.72. The third-order valence-corrected chi connectivity index (χ3v) is 4.79. The van der Waals surface area contributed by atoms with Crippen LogP contribution in [0.4, 0.5) is 0 Å². The smallest absolute Gasteiger partial charge is 0.272 e. The van der Waals surface area contributed by atoms with Gasteiger partial charge >= 0.3 is 0 Å². The first-order valence-corrected chi connectivity index (χ1v) is 9.32. The first-order valence-electron chi connectivity index (χ1n) is 9.32. The van der Waals surface area contributed by atoms with Crippen LogP contribution in [0.3, 0.4) is 0 Å². The number of nitrogens with one attached hydrogen (secondary N) is 1. The highest BCUT2D eigenvalue weighted by molar-refractivity contribution is 5.98. The zero-order chi connectivity index (χ0) is 20.2. The number of methoxy groups -OCH3 is 1. The number of carbonyl (C=O) groups excluding carboxylic acids is 2. The Labute approximate surface area is 168 Å². The Morgan fingerprint density at radius 1 is 1.17 bits per heavy atom. The molecule has 29 heavy (non-hydrogen) atoms. The molecule has 0 saturated carbocycles. The summed E-state index contributed by atoms with van der Waals surface area (Å²) in [4.78, 5) is 31.2. The number of hydrogen-bond donors (Lipinski definition) is 1. The fourth-order valence-corrected chi connectivity index (χ4v) is 3.22. The summed E-state index contributed by atoms with van der Waals surface area (Å²) in [6, 6.07) is 14.7. The lowest BCUT2D eigenvalue weighted by atomic mass is 10.1. The molecule has 1 aromatic carbocycles. The largest absolute Gasteiger partial charge is 0.497 e. The Kier molecular flexibility index (Phi) is 5.24. The molecule has 0 atom stereocenters. The van der Waals surface area contributed by atoms with Crippen molar-refractivity contribution in [1.29, 1.82) is 0 Å². The molecule has 148 valence electrons. The maximum atomic E-state index is 12.9. The molecule has 1 aliphatic rings. The molecule has 3 aromatic rings. The molecule has 0 unspecified atom stereocenters. The fraction of sp³-hybridized carbons (Fsp3) is 0.238. The van der Waals surface area contributed by atoms with E-state index in [0.29, 0.717) is 31.9 Å². The minimum absolute atomic E-state index is 0.136. The third-order valence-electron chi connectivity index (χ3n) is 4.79. The summed E-state index contributed by atoms with van der Waals surface area (Å²) in [5.74, 6) is 0.313. The van der Waals surface area contributed by atoms with E-state index < -0.39 is 0 Å². The molecule has 3 heterocycles. The van der Waals surface area contributed by atoms with Crippen molar-refractivity contribution in [3.63, 3.8) is 0 Å². The molecule has 8 heteroatoms. The molecule has 1 N–H and O–H groups in total. The van der Waals surface area contributed by atoms with Crippen molar-refractivity contribution in [2.24, 2.45) is 0 Å². The van der Waals surface area contributed by atoms with E-state index in [1.165, 1.54) is 0 Å². The Morgan fingerprint density at radius 3 is 2.72 bits per heavy atom. The van der Waals surface area contributed by atoms with Crippen molar-refractivity contribution in [3.8, 4) is 5.75 Å². The van der Waals surface area contributed by atoms with E-state index in [1.807, 2.05) is 42.5 Å². The zero-order valence-corrected chi connectivity index (χ0v) is 16.0. The summed E-state index contributed by atoms with van der Waals surface area (Å²) < 4.78 is 6.77. The predicted octanol–water partition coefficient (Wildman–Crippen LogP) is 1.87. The summed E-state index contributed by atoms with van der Waals surface area (Å²) in [6.07, 6.45) is 1.67. The minimum atomic E-state index is -0.327. The highest BCUT2D eigenvalue weighted by atomic mass is 16.5. The van der Waals surface area contributed by atoms with Crippen LogP contribution in [-0.4, -0.2) is 45.1 Å². The van der Waals surface area contributed by atoms with E-state index in [2.05, 4.69) is 15.4 Å². The van der Waals surface area contributed by atoms with Gasteiger partial charge in [-0.1, -0.05) is 18.2 Å². The lowest BCUT2D eigenvalue weighted by Gasteiger charge is -2.27. The maximum absolute atomic E-state index is 12.9. The van der Waals surface area contributed by atoms with Crippen LogP contribution >= 0.6 is 0 Å². The average molecular weight is 391 g/mol. The van der Waals surface area contributed by atoms with Crippen molar-refractivity contribution < 1.29 is 14.3 Å². The fourth-order valence-electron chi connectivity index (χ4n) is 3.22. The van der Waals surface area contributed by atoms with E-state index in [9.17, 15) is 9.59 Å². The second kappa shape index (κ2) is 8.14. The first-order chi connectivity index (χ1) is 14.1. The Hall–Kier alpha value is -3.68. The molecule has 0 aliphatic carbocycles. The average Bonchev–Trinajstić information content (AvgIpc) is 3.21. The number of ether oxygens (including phenoxy) is 1. The van der Waals surface area contributed by atoms with Crippen molar-refractivity contribution in [2.45, 2.75) is 19.6 Å². The van der Waals surface area contributed by atoms with Crippen LogP contribution in [0.1, 0.15) is 32.2 Å². The summed E-state index contributed by atoms with van der Waals surface area (Å²) >= 11 is 0. The standard InChI is InChI=1S/C21H21N5O3/c1-29-17-7-5-15(6-8-17)14-25-10-11-26-19(21(25)28)12-18(24-26)20(27)23-13-16-4-2-3-9-22-16/h2-9,12H,10-11,13-14H2,1H3,(H,23,27). The molecule has 1 aliphatic heterocycles. The number of carbonyl (C=O) groups is 2. The van der Waals surface area contributed by atoms with Crippen molar-refractivity contribution in [1.82, 2.24) is 25.0 Å². The van der Waals surface area contributed by atoms with Gasteiger partial charge in [0.2, 0.25) is 0 Å². The molecule has 0 radical (unpaired) electrons. The van der Waals surface area contributed by atoms with Gasteiger partial charge in [-0.05, 0) is 29.8 Å². The molecular formula is C21H21N5O3. The van der Waals surface area contributed by atoms with E-state index in [-0.39, 0.29) is 17.5 Å². The molecule has 2 aromatic heterocycles. The van der Waals surface area contributed by atoms with Gasteiger partial charge in [0.05, 0.1) is 25.9 Å². The quantitative estimate of drug-likeness (QED) is 0.693. The highest BCUT2D eigenvalue weighted by Gasteiger charge is 2.27. The molecule has 0 saturated heterocycles. The predicted molar refractivity (Wildman–Crippen MR) is 105 cm³/mol. The summed E-state index contributed by atoms with van der Waals surface area (Å²) in [5, 5.41) is 7.08. The van der Waals surface area contributed by atoms with Crippen LogP contribution in [0.5, 0.6) is 5.75 Å². The van der Waals surface area contributed by atoms with Crippen molar-refractivity contribution >= 4 is 11.8 Å². The number of amides is 2. The lowest BCUT2D eigenvalue weighted by Crippen LogP contribution is -2.39. The van der Waals surface area contributed by atoms with E-state index in [1.54, 1.807) is 29.0 Å². The molecule has 4 rings (SSSR count). The Morgan fingerprint density at radius 2 is 2.00 bits per heavy atom. The van der Waals surface area contributed by atoms with Gasteiger partial charge in [-0.15, -0.1) is 0 Å². The third kappa shape index (κ3) is 4.11. The number of hydrogen-bond acceptors (Lipinski definition) is 5. The minimum Gasteiger partial charge on any atom is -0.497 e. The van der Waals surface area contributed by atoms with Crippen LogP contribution < -0.4 is 10.1 Å². The van der Waals surface area contributed by atoms with Crippen LogP contribution in [-0.2, 0) is 19.6 Å². The molecule has 0 bridgehead atoms. The van der Waals surface area contributed by atoms with Gasteiger partial charge in [-0.3, -0.25) is 19.3 Å². The first kappa shape index (κ1) is 18.7. The van der Waals surface area contributed by atoms with Crippen LogP contribution in [0.25, 0.3) is 0 Å². The van der Waals surface area contributed by atoms with Crippen molar-refractivity contribution in [2.75, 3.05) is 13.7 Å². The topological polar surface area (TPSA) is 89.3 Å². The molecule has 0 spiro atoms. The van der Waals surface area contributed by atoms with E-state index in [0.717, 1.165) is 17.0 Å². The highest BCUT2D eigenvalue weighted by Crippen LogP contribution is 2.18. The molecule has 8 nitrogen and oxygen atoms in total. The van der Waals surface area contributed by atoms with Gasteiger partial charge in [-0.2, -0.15) is 5.10 Å². The maximum Gasteiger partial charge on any atom is 0.272 e. The van der Waals surface area contributed by atoms with Gasteiger partial charge in [0.1, 0.15) is 11.4 Å². The second-order valence-corrected chi connectivity index (χ2v) is 6.72. The number of rotatable bonds is 6. The van der Waals surface area contributed by atoms with Crippen molar-refractivity contribution in [3.05, 3.63) is 77.4 Å². The van der Waals surface area contributed by atoms with Gasteiger partial charge in [0, 0.05) is 25.4 Å². The van der Waals surface area contributed by atoms with E-state index >= 15 is 0 Å². The van der Waals surface area contributed by atoms with Crippen LogP contribution in [0.15, 0.2) is 54.7 Å². The van der Waals surface area contributed by atoms with E-state index in [4.69, 9.17) is 4.74 Å². The number of benzene rings is 1. The Bertz CT molecular complexity index is 1010. The lowest BCUT2D eigenvalue weighted by molar-refractivity contribution is 0.0683.